The molecule has 0 bridgehead atoms. The molecule has 39 heavy (non-hydrogen) atoms. The van der Waals surface area contributed by atoms with Gasteiger partial charge in [-0.15, -0.1) is 0 Å². The van der Waals surface area contributed by atoms with Crippen LogP contribution in [0, 0.1) is 5.92 Å². The van der Waals surface area contributed by atoms with Gasteiger partial charge in [0.1, 0.15) is 11.8 Å². The minimum absolute atomic E-state index is 0.00996. The summed E-state index contributed by atoms with van der Waals surface area (Å²) in [6.45, 7) is 1.55. The van der Waals surface area contributed by atoms with Crippen LogP contribution in [0.2, 0.25) is 0 Å². The number of benzene rings is 1. The number of imide groups is 1. The molecule has 0 spiro atoms. The van der Waals surface area contributed by atoms with E-state index in [2.05, 4.69) is 10.6 Å². The molecular formula is C21H27BN6O10S. The van der Waals surface area contributed by atoms with Gasteiger partial charge in [-0.05, 0) is 25.0 Å². The normalized spacial score (nSPS) is 21.0. The molecule has 3 aliphatic rings. The van der Waals surface area contributed by atoms with Crippen LogP contribution in [0.5, 0.6) is 5.75 Å². The van der Waals surface area contributed by atoms with Crippen LogP contribution in [0.1, 0.15) is 22.8 Å². The highest BCUT2D eigenvalue weighted by atomic mass is 32.2. The highest BCUT2D eigenvalue weighted by Gasteiger charge is 2.46. The number of carboxylic acids is 1. The van der Waals surface area contributed by atoms with Gasteiger partial charge in [-0.2, -0.15) is 12.7 Å². The number of carbonyl (C=O) groups is 5. The number of carbonyl (C=O) groups excluding carboxylic acids is 4. The van der Waals surface area contributed by atoms with E-state index in [-0.39, 0.29) is 50.5 Å². The second kappa shape index (κ2) is 10.8. The van der Waals surface area contributed by atoms with Crippen LogP contribution < -0.4 is 20.4 Å². The lowest BCUT2D eigenvalue weighted by Crippen LogP contribution is -2.67. The van der Waals surface area contributed by atoms with E-state index in [1.807, 2.05) is 0 Å². The maximum atomic E-state index is 13.3. The summed E-state index contributed by atoms with van der Waals surface area (Å²) in [5.74, 6) is -5.86. The van der Waals surface area contributed by atoms with E-state index >= 15 is 0 Å². The first-order chi connectivity index (χ1) is 18.3. The molecule has 210 valence electrons. The van der Waals surface area contributed by atoms with Crippen LogP contribution in [0.25, 0.3) is 0 Å². The Labute approximate surface area is 223 Å². The molecule has 16 nitrogen and oxygen atoms in total. The van der Waals surface area contributed by atoms with E-state index in [0.717, 1.165) is 4.31 Å². The molecule has 1 unspecified atom stereocenters. The highest BCUT2D eigenvalue weighted by Crippen LogP contribution is 2.30. The number of rotatable bonds is 7. The van der Waals surface area contributed by atoms with Crippen molar-refractivity contribution >= 4 is 47.0 Å². The number of nitrogens with one attached hydrogen (secondary N) is 2. The smallest absolute Gasteiger partial charge is 0.534 e. The number of hydrogen-bond donors (Lipinski definition) is 5. The van der Waals surface area contributed by atoms with Crippen molar-refractivity contribution in [2.45, 2.75) is 25.3 Å². The Kier molecular flexibility index (Phi) is 7.83. The summed E-state index contributed by atoms with van der Waals surface area (Å²) in [7, 11) is -5.68. The van der Waals surface area contributed by atoms with Crippen molar-refractivity contribution in [1.29, 1.82) is 0 Å². The molecule has 1 aromatic carbocycles. The predicted molar refractivity (Wildman–Crippen MR) is 132 cm³/mol. The number of amides is 5. The zero-order valence-electron chi connectivity index (χ0n) is 20.8. The van der Waals surface area contributed by atoms with Gasteiger partial charge in [0.05, 0.1) is 11.5 Å². The quantitative estimate of drug-likeness (QED) is 0.163. The molecule has 1 aromatic rings. The summed E-state index contributed by atoms with van der Waals surface area (Å²) in [6.07, 6.45) is -0.00996. The lowest BCUT2D eigenvalue weighted by Gasteiger charge is -2.42. The van der Waals surface area contributed by atoms with Crippen molar-refractivity contribution in [1.82, 2.24) is 24.7 Å². The van der Waals surface area contributed by atoms with Crippen LogP contribution >= 0.6 is 0 Å². The van der Waals surface area contributed by atoms with Gasteiger partial charge in [0.2, 0.25) is 5.91 Å². The number of fused-ring (bicyclic) bond motifs is 1. The van der Waals surface area contributed by atoms with Gasteiger partial charge in [-0.3, -0.25) is 19.3 Å². The zero-order valence-corrected chi connectivity index (χ0v) is 21.6. The monoisotopic (exact) mass is 566 g/mol. The molecule has 5 amide bonds. The summed E-state index contributed by atoms with van der Waals surface area (Å²) in [5.41, 5.74) is 0.245. The number of hydrogen-bond acceptors (Lipinski definition) is 9. The highest BCUT2D eigenvalue weighted by molar-refractivity contribution is 7.86. The van der Waals surface area contributed by atoms with Crippen LogP contribution in [-0.2, 0) is 31.0 Å². The second-order valence-corrected chi connectivity index (χ2v) is 10.9. The Morgan fingerprint density at radius 2 is 1.90 bits per heavy atom. The Morgan fingerprint density at radius 3 is 2.51 bits per heavy atom. The fraction of sp³-hybridized carbons (Fsp3) is 0.476. The van der Waals surface area contributed by atoms with Crippen molar-refractivity contribution in [3.05, 3.63) is 29.3 Å². The summed E-state index contributed by atoms with van der Waals surface area (Å²) < 4.78 is 29.5. The lowest BCUT2D eigenvalue weighted by molar-refractivity contribution is -0.153. The molecule has 6 N–H and O–H groups in total. The van der Waals surface area contributed by atoms with E-state index in [1.54, 1.807) is 13.0 Å². The molecule has 3 heterocycles. The summed E-state index contributed by atoms with van der Waals surface area (Å²) in [6, 6.07) is 1.97. The molecule has 18 heteroatoms. The topological polar surface area (TPSA) is 229 Å². The number of likely N-dealkylation sites (N-methyl/N-ethyl adjacent to an activating group) is 1. The third-order valence-electron chi connectivity index (χ3n) is 6.88. The number of nitrogens with zero attached hydrogens (tertiary/aromatic N) is 3. The number of urea groups is 1. The van der Waals surface area contributed by atoms with E-state index in [1.165, 1.54) is 17.0 Å². The number of para-hydroxylation sites is 1. The fourth-order valence-corrected chi connectivity index (χ4v) is 5.45. The SMILES string of the molecule is CCN1CCN(C(=O)NC(C(=O)N[C@H]2Cc3cccc(C(=O)O)c3OB2O)C2CN(S(N)(=O)=O)C2)C(=O)C1=O. The molecule has 2 atom stereocenters. The number of aromatic carboxylic acids is 1. The van der Waals surface area contributed by atoms with Gasteiger partial charge >= 0.3 is 30.9 Å². The second-order valence-electron chi connectivity index (χ2n) is 9.32. The molecule has 0 saturated carbocycles. The zero-order chi connectivity index (χ0) is 28.6. The summed E-state index contributed by atoms with van der Waals surface area (Å²) >= 11 is 0. The predicted octanol–water partition coefficient (Wildman–Crippen LogP) is -3.27. The molecule has 0 aromatic heterocycles. The molecule has 0 aliphatic carbocycles. The molecule has 2 saturated heterocycles. The number of carboxylic acid groups (broad SMARTS) is 1. The summed E-state index contributed by atoms with van der Waals surface area (Å²) in [4.78, 5) is 64.4. The van der Waals surface area contributed by atoms with Crippen molar-refractivity contribution < 1.29 is 47.2 Å². The third-order valence-corrected chi connectivity index (χ3v) is 7.90. The molecule has 0 radical (unpaired) electrons. The van der Waals surface area contributed by atoms with Gasteiger partial charge in [0.25, 0.3) is 10.2 Å². The Morgan fingerprint density at radius 1 is 1.21 bits per heavy atom. The Hall–Kier alpha value is -3.74. The third kappa shape index (κ3) is 5.68. The average molecular weight is 566 g/mol. The first kappa shape index (κ1) is 28.3. The van der Waals surface area contributed by atoms with Crippen LogP contribution in [-0.4, -0.2) is 114 Å². The van der Waals surface area contributed by atoms with Crippen molar-refractivity contribution in [2.75, 3.05) is 32.7 Å². The van der Waals surface area contributed by atoms with Gasteiger partial charge < -0.3 is 30.3 Å². The Balaban J connectivity index is 1.51. The molecule has 2 fully saturated rings. The van der Waals surface area contributed by atoms with Crippen molar-refractivity contribution in [2.24, 2.45) is 11.1 Å². The minimum atomic E-state index is -4.05. The van der Waals surface area contributed by atoms with E-state index < -0.39 is 65.0 Å². The first-order valence-corrected chi connectivity index (χ1v) is 13.5. The molecular weight excluding hydrogens is 539 g/mol. The van der Waals surface area contributed by atoms with Crippen LogP contribution in [0.4, 0.5) is 4.79 Å². The van der Waals surface area contributed by atoms with Gasteiger partial charge in [-0.1, -0.05) is 12.1 Å². The van der Waals surface area contributed by atoms with E-state index in [9.17, 15) is 42.5 Å². The van der Waals surface area contributed by atoms with E-state index in [4.69, 9.17) is 9.79 Å². The fourth-order valence-electron chi connectivity index (χ4n) is 4.66. The van der Waals surface area contributed by atoms with Gasteiger partial charge in [-0.25, -0.2) is 14.7 Å². The maximum Gasteiger partial charge on any atom is 0.547 e. The number of piperazine rings is 1. The number of nitrogens with two attached hydrogens (primary N) is 1. The van der Waals surface area contributed by atoms with Crippen LogP contribution in [0.3, 0.4) is 0 Å². The Bertz CT molecular complexity index is 1320. The van der Waals surface area contributed by atoms with Crippen molar-refractivity contribution in [3.8, 4) is 5.75 Å². The van der Waals surface area contributed by atoms with Gasteiger partial charge in [0, 0.05) is 38.6 Å². The van der Waals surface area contributed by atoms with Crippen LogP contribution in [0.15, 0.2) is 18.2 Å². The summed E-state index contributed by atoms with van der Waals surface area (Å²) in [5, 5.41) is 29.9. The van der Waals surface area contributed by atoms with E-state index in [0.29, 0.717) is 10.5 Å². The van der Waals surface area contributed by atoms with Gasteiger partial charge in [0.15, 0.2) is 0 Å². The van der Waals surface area contributed by atoms with Crippen molar-refractivity contribution in [3.63, 3.8) is 0 Å². The standard InChI is InChI=1S/C21H27BN6O10S/c1-2-26-6-7-28(19(31)18(26)30)21(34)25-15(12-9-27(10-12)39(23,36)37)17(29)24-14-8-11-4-3-5-13(20(32)33)16(11)38-22(14)35/h3-5,12,14-15,35H,2,6-10H2,1H3,(H,24,29)(H,25,34)(H,32,33)(H2,23,36,37)/t14-,15?/m0/s1. The molecule has 4 rings (SSSR count). The maximum absolute atomic E-state index is 13.3. The molecule has 3 aliphatic heterocycles. The average Bonchev–Trinajstić information content (AvgIpc) is 2.83. The lowest BCUT2D eigenvalue weighted by atomic mass is 9.72. The minimum Gasteiger partial charge on any atom is -0.534 e. The largest absolute Gasteiger partial charge is 0.547 e. The first-order valence-electron chi connectivity index (χ1n) is 12.0.